The minimum atomic E-state index is -0.245. The summed E-state index contributed by atoms with van der Waals surface area (Å²) in [6.07, 6.45) is 3.53. The molecule has 0 radical (unpaired) electrons. The average Bonchev–Trinajstić information content (AvgIpc) is 3.26. The van der Waals surface area contributed by atoms with E-state index in [9.17, 15) is 4.79 Å². The van der Waals surface area contributed by atoms with Gasteiger partial charge in [-0.1, -0.05) is 0 Å². The van der Waals surface area contributed by atoms with Crippen molar-refractivity contribution >= 4 is 17.2 Å². The van der Waals surface area contributed by atoms with E-state index in [1.807, 2.05) is 16.2 Å². The standard InChI is InChI=1S/C19H24N2O3S/c1-15-5-6-16(25-15)12-20-9-11-24-19(13-20)7-3-8-21(14-19)18(22)17-4-2-10-23-17/h2,4-6,10H,3,7-9,11-14H2,1H3. The van der Waals surface area contributed by atoms with E-state index < -0.39 is 0 Å². The van der Waals surface area contributed by atoms with E-state index >= 15 is 0 Å². The van der Waals surface area contributed by atoms with Crippen LogP contribution in [0.5, 0.6) is 0 Å². The lowest BCUT2D eigenvalue weighted by atomic mass is 9.90. The molecular formula is C19H24N2O3S. The van der Waals surface area contributed by atoms with Crippen LogP contribution in [0.4, 0.5) is 0 Å². The van der Waals surface area contributed by atoms with Gasteiger partial charge >= 0.3 is 0 Å². The summed E-state index contributed by atoms with van der Waals surface area (Å²) in [6, 6.07) is 7.89. The van der Waals surface area contributed by atoms with Crippen molar-refractivity contribution in [2.75, 3.05) is 32.8 Å². The van der Waals surface area contributed by atoms with Crippen LogP contribution >= 0.6 is 11.3 Å². The van der Waals surface area contributed by atoms with Gasteiger partial charge in [0, 0.05) is 35.9 Å². The smallest absolute Gasteiger partial charge is 0.289 e. The number of thiophene rings is 1. The third-order valence-corrected chi connectivity index (χ3v) is 6.05. The minimum absolute atomic E-state index is 0.0290. The van der Waals surface area contributed by atoms with Crippen LogP contribution in [0.15, 0.2) is 34.9 Å². The largest absolute Gasteiger partial charge is 0.459 e. The highest BCUT2D eigenvalue weighted by Gasteiger charge is 2.42. The fraction of sp³-hybridized carbons (Fsp3) is 0.526. The van der Waals surface area contributed by atoms with Gasteiger partial charge in [0.25, 0.3) is 5.91 Å². The molecule has 1 unspecified atom stereocenters. The van der Waals surface area contributed by atoms with Crippen LogP contribution in [0.25, 0.3) is 0 Å². The van der Waals surface area contributed by atoms with Gasteiger partial charge in [0.15, 0.2) is 5.76 Å². The molecule has 1 spiro atoms. The van der Waals surface area contributed by atoms with Crippen molar-refractivity contribution in [1.29, 1.82) is 0 Å². The number of hydrogen-bond acceptors (Lipinski definition) is 5. The van der Waals surface area contributed by atoms with Gasteiger partial charge in [0.1, 0.15) is 0 Å². The Kier molecular flexibility index (Phi) is 4.67. The second kappa shape index (κ2) is 6.94. The summed E-state index contributed by atoms with van der Waals surface area (Å²) >= 11 is 1.86. The molecule has 0 saturated carbocycles. The van der Waals surface area contributed by atoms with Crippen molar-refractivity contribution < 1.29 is 13.9 Å². The minimum Gasteiger partial charge on any atom is -0.459 e. The van der Waals surface area contributed by atoms with Gasteiger partial charge in [-0.15, -0.1) is 11.3 Å². The molecule has 4 rings (SSSR count). The van der Waals surface area contributed by atoms with Gasteiger partial charge in [0.05, 0.1) is 25.0 Å². The Labute approximate surface area is 152 Å². The molecule has 5 nitrogen and oxygen atoms in total. The highest BCUT2D eigenvalue weighted by molar-refractivity contribution is 7.11. The zero-order valence-corrected chi connectivity index (χ0v) is 15.4. The molecule has 134 valence electrons. The number of piperidine rings is 1. The zero-order chi connectivity index (χ0) is 17.3. The number of ether oxygens (including phenoxy) is 1. The Balaban J connectivity index is 1.44. The van der Waals surface area contributed by atoms with Gasteiger partial charge in [-0.2, -0.15) is 0 Å². The molecule has 0 aromatic carbocycles. The molecule has 4 heterocycles. The first-order chi connectivity index (χ1) is 12.1. The molecule has 2 aromatic heterocycles. The van der Waals surface area contributed by atoms with Crippen LogP contribution in [-0.2, 0) is 11.3 Å². The Morgan fingerprint density at radius 3 is 2.96 bits per heavy atom. The maximum Gasteiger partial charge on any atom is 0.289 e. The number of nitrogens with zero attached hydrogens (tertiary/aromatic N) is 2. The Hall–Kier alpha value is -1.63. The van der Waals surface area contributed by atoms with Crippen LogP contribution in [0.2, 0.25) is 0 Å². The van der Waals surface area contributed by atoms with Gasteiger partial charge < -0.3 is 14.1 Å². The van der Waals surface area contributed by atoms with Gasteiger partial charge in [-0.25, -0.2) is 0 Å². The highest BCUT2D eigenvalue weighted by Crippen LogP contribution is 2.31. The van der Waals surface area contributed by atoms with Crippen LogP contribution in [0.3, 0.4) is 0 Å². The number of amides is 1. The molecular weight excluding hydrogens is 336 g/mol. The molecule has 2 saturated heterocycles. The van der Waals surface area contributed by atoms with Crippen molar-refractivity contribution in [1.82, 2.24) is 9.80 Å². The Morgan fingerprint density at radius 1 is 1.28 bits per heavy atom. The molecule has 0 bridgehead atoms. The summed E-state index contributed by atoms with van der Waals surface area (Å²) in [4.78, 5) is 19.7. The highest BCUT2D eigenvalue weighted by atomic mass is 32.1. The quantitative estimate of drug-likeness (QED) is 0.843. The summed E-state index contributed by atoms with van der Waals surface area (Å²) < 4.78 is 11.5. The number of furan rings is 1. The zero-order valence-electron chi connectivity index (χ0n) is 14.6. The Bertz CT molecular complexity index is 723. The van der Waals surface area contributed by atoms with Crippen LogP contribution in [-0.4, -0.2) is 54.1 Å². The molecule has 2 aliphatic heterocycles. The first-order valence-electron chi connectivity index (χ1n) is 8.88. The van der Waals surface area contributed by atoms with E-state index in [4.69, 9.17) is 9.15 Å². The molecule has 1 amide bonds. The molecule has 2 fully saturated rings. The van der Waals surface area contributed by atoms with Crippen molar-refractivity contribution in [2.24, 2.45) is 0 Å². The van der Waals surface area contributed by atoms with Crippen LogP contribution in [0.1, 0.15) is 33.2 Å². The number of aryl methyl sites for hydroxylation is 1. The number of likely N-dealkylation sites (tertiary alicyclic amines) is 1. The summed E-state index contributed by atoms with van der Waals surface area (Å²) in [6.45, 7) is 7.09. The lowest BCUT2D eigenvalue weighted by molar-refractivity contribution is -0.136. The molecule has 2 aromatic rings. The second-order valence-corrected chi connectivity index (χ2v) is 8.43. The normalized spacial score (nSPS) is 24.8. The molecule has 2 aliphatic rings. The summed E-state index contributed by atoms with van der Waals surface area (Å²) in [5, 5.41) is 0. The Morgan fingerprint density at radius 2 is 2.20 bits per heavy atom. The maximum atomic E-state index is 12.6. The van der Waals surface area contributed by atoms with Crippen molar-refractivity contribution in [3.63, 3.8) is 0 Å². The van der Waals surface area contributed by atoms with E-state index in [-0.39, 0.29) is 11.5 Å². The number of hydrogen-bond donors (Lipinski definition) is 0. The molecule has 1 atom stereocenters. The van der Waals surface area contributed by atoms with Crippen molar-refractivity contribution in [3.05, 3.63) is 46.0 Å². The van der Waals surface area contributed by atoms with E-state index in [1.54, 1.807) is 18.4 Å². The predicted molar refractivity (Wildman–Crippen MR) is 96.9 cm³/mol. The fourth-order valence-corrected chi connectivity index (χ4v) is 4.86. The molecule has 6 heteroatoms. The third kappa shape index (κ3) is 3.66. The summed E-state index contributed by atoms with van der Waals surface area (Å²) in [5.74, 6) is 0.387. The average molecular weight is 360 g/mol. The van der Waals surface area contributed by atoms with Gasteiger partial charge in [-0.3, -0.25) is 9.69 Å². The summed E-state index contributed by atoms with van der Waals surface area (Å²) in [5.41, 5.74) is -0.245. The fourth-order valence-electron chi connectivity index (χ4n) is 3.92. The van der Waals surface area contributed by atoms with E-state index in [0.29, 0.717) is 12.3 Å². The summed E-state index contributed by atoms with van der Waals surface area (Å²) in [7, 11) is 0. The monoisotopic (exact) mass is 360 g/mol. The number of rotatable bonds is 3. The van der Waals surface area contributed by atoms with E-state index in [1.165, 1.54) is 9.75 Å². The number of carbonyl (C=O) groups is 1. The number of morpholine rings is 1. The topological polar surface area (TPSA) is 45.9 Å². The lowest BCUT2D eigenvalue weighted by Gasteiger charge is -2.47. The lowest BCUT2D eigenvalue weighted by Crippen LogP contribution is -2.60. The maximum absolute atomic E-state index is 12.6. The SMILES string of the molecule is Cc1ccc(CN2CCOC3(CCCN(C(=O)c4ccco4)C3)C2)s1. The van der Waals surface area contributed by atoms with Gasteiger partial charge in [0.2, 0.25) is 0 Å². The van der Waals surface area contributed by atoms with E-state index in [0.717, 1.165) is 45.6 Å². The molecule has 0 aliphatic carbocycles. The number of carbonyl (C=O) groups excluding carboxylic acids is 1. The first kappa shape index (κ1) is 16.8. The van der Waals surface area contributed by atoms with Gasteiger partial charge in [-0.05, 0) is 44.0 Å². The van der Waals surface area contributed by atoms with Crippen molar-refractivity contribution in [2.45, 2.75) is 31.9 Å². The van der Waals surface area contributed by atoms with E-state index in [2.05, 4.69) is 24.0 Å². The predicted octanol–water partition coefficient (Wildman–Crippen LogP) is 3.16. The third-order valence-electron chi connectivity index (χ3n) is 5.06. The van der Waals surface area contributed by atoms with Crippen LogP contribution in [0, 0.1) is 6.92 Å². The van der Waals surface area contributed by atoms with Crippen LogP contribution < -0.4 is 0 Å². The molecule has 0 N–H and O–H groups in total. The molecule has 25 heavy (non-hydrogen) atoms. The first-order valence-corrected chi connectivity index (χ1v) is 9.70. The van der Waals surface area contributed by atoms with Crippen molar-refractivity contribution in [3.8, 4) is 0 Å². The second-order valence-electron chi connectivity index (χ2n) is 7.06.